The van der Waals surface area contributed by atoms with E-state index in [2.05, 4.69) is 520 Å². The largest absolute Gasteiger partial charge is 0.310 e. The highest BCUT2D eigenvalue weighted by Crippen LogP contribution is 2.58. The van der Waals surface area contributed by atoms with Crippen LogP contribution < -0.4 is 52.4 Å². The second kappa shape index (κ2) is 34.2. The number of hydrogen-bond acceptors (Lipinski definition) is 4. The molecule has 0 spiro atoms. The van der Waals surface area contributed by atoms with Crippen LogP contribution in [-0.4, -0.2) is 13.4 Å². The second-order valence-corrected chi connectivity index (χ2v) is 43.4. The molecule has 4 heterocycles. The first-order valence-corrected chi connectivity index (χ1v) is 49.6. The van der Waals surface area contributed by atoms with Gasteiger partial charge in [0.2, 0.25) is 0 Å². The highest BCUT2D eigenvalue weighted by Gasteiger charge is 2.49. The van der Waals surface area contributed by atoms with Crippen LogP contribution in [0.25, 0.3) is 89.0 Å². The van der Waals surface area contributed by atoms with E-state index in [0.717, 1.165) is 18.5 Å². The Morgan fingerprint density at radius 2 is 0.500 bits per heavy atom. The molecule has 0 aromatic heterocycles. The first kappa shape index (κ1) is 88.6. The Morgan fingerprint density at radius 1 is 0.203 bits per heavy atom. The van der Waals surface area contributed by atoms with Crippen molar-refractivity contribution >= 4 is 114 Å². The number of aryl methyl sites for hydroxylation is 8. The smallest absolute Gasteiger partial charge is 0.252 e. The fraction of sp³-hybridized carbons (Fsp3) is 0.182. The van der Waals surface area contributed by atoms with Gasteiger partial charge in [0, 0.05) is 90.0 Å². The Labute approximate surface area is 819 Å². The number of rotatable bonds is 16. The van der Waals surface area contributed by atoms with Crippen molar-refractivity contribution < 1.29 is 0 Å². The zero-order chi connectivity index (χ0) is 95.3. The van der Waals surface area contributed by atoms with Crippen LogP contribution in [0, 0.1) is 48.5 Å². The van der Waals surface area contributed by atoms with E-state index in [0.29, 0.717) is 0 Å². The third-order valence-electron chi connectivity index (χ3n) is 30.1. The van der Waals surface area contributed by atoms with Crippen LogP contribution in [0.1, 0.15) is 149 Å². The summed E-state index contributed by atoms with van der Waals surface area (Å²) in [5.74, 6) is 0. The topological polar surface area (TPSA) is 13.0 Å². The lowest BCUT2D eigenvalue weighted by atomic mass is 9.33. The highest BCUT2D eigenvalue weighted by atomic mass is 15.2. The van der Waals surface area contributed by atoms with Crippen LogP contribution in [0.2, 0.25) is 0 Å². The molecule has 0 radical (unpaired) electrons. The minimum absolute atomic E-state index is 0.0759. The molecule has 0 aliphatic carbocycles. The zero-order valence-electron chi connectivity index (χ0n) is 83.2. The van der Waals surface area contributed by atoms with Crippen molar-refractivity contribution in [3.63, 3.8) is 0 Å². The van der Waals surface area contributed by atoms with Crippen LogP contribution in [-0.2, 0) is 28.1 Å². The summed E-state index contributed by atoms with van der Waals surface area (Å²) in [5.41, 5.74) is 55.4. The summed E-state index contributed by atoms with van der Waals surface area (Å²) in [5, 5.41) is 0. The summed E-state index contributed by atoms with van der Waals surface area (Å²) >= 11 is 0. The van der Waals surface area contributed by atoms with E-state index in [9.17, 15) is 0 Å². The summed E-state index contributed by atoms with van der Waals surface area (Å²) < 4.78 is 0. The van der Waals surface area contributed by atoms with Gasteiger partial charge in [0.1, 0.15) is 0 Å². The lowest BCUT2D eigenvalue weighted by Gasteiger charge is -2.46. The molecule has 4 aliphatic heterocycles. The van der Waals surface area contributed by atoms with Gasteiger partial charge in [-0.15, -0.1) is 0 Å². The van der Waals surface area contributed by atoms with Gasteiger partial charge < -0.3 is 19.6 Å². The predicted molar refractivity (Wildman–Crippen MR) is 595 cm³/mol. The Bertz CT molecular complexity index is 7830. The first-order chi connectivity index (χ1) is 66.5. The first-order valence-electron chi connectivity index (χ1n) is 49.6. The van der Waals surface area contributed by atoms with Crippen molar-refractivity contribution in [2.45, 2.75) is 159 Å². The van der Waals surface area contributed by atoms with E-state index in [-0.39, 0.29) is 35.1 Å². The summed E-state index contributed by atoms with van der Waals surface area (Å²) in [4.78, 5) is 10.8. The molecule has 0 saturated carbocycles. The normalized spacial score (nSPS) is 13.1. The molecule has 0 fully saturated rings. The minimum Gasteiger partial charge on any atom is -0.310 e. The quantitative estimate of drug-likeness (QED) is 0.0894. The van der Waals surface area contributed by atoms with Crippen LogP contribution in [0.15, 0.2) is 376 Å². The molecular weight excluding hydrogens is 1660 g/mol. The predicted octanol–water partition coefficient (Wildman–Crippen LogP) is 32.1. The Kier molecular flexibility index (Phi) is 22.0. The average molecular weight is 1780 g/mol. The molecular formula is C132H120B2N4. The van der Waals surface area contributed by atoms with E-state index in [4.69, 9.17) is 0 Å². The SMILES string of the molecule is Cc1ccc2c(c1)B1c3cc(CCC(C)(C)c4cccc(-c5cccc(-c6cccc(C(C)(C)C)c6)c5N5c6ccccc6B6c7ccccc7N(c7c(-c8cccc(C(C)(C)C)c8)cccc7-c7cccc(C(C)(C)C)c7)c7cc(C)cc5c76)c4)ccc3N(c3c(-c4ccccc4)cc(C)cc3-c3ccccc3C)c3cc(C)cc(c31)N2c1c(-c2ccccc2)cc(C)cc1-c1ccccc1C. The van der Waals surface area contributed by atoms with Crippen LogP contribution in [0.4, 0.5) is 68.2 Å². The zero-order valence-corrected chi connectivity index (χ0v) is 83.2. The van der Waals surface area contributed by atoms with E-state index in [1.54, 1.807) is 0 Å². The number of hydrogen-bond donors (Lipinski definition) is 0. The number of anilines is 12. The Balaban J connectivity index is 0.717. The molecule has 674 valence electrons. The molecule has 18 aromatic rings. The molecule has 4 aliphatic rings. The molecule has 0 bridgehead atoms. The van der Waals surface area contributed by atoms with Gasteiger partial charge in [-0.3, -0.25) is 0 Å². The van der Waals surface area contributed by atoms with Crippen molar-refractivity contribution in [3.05, 3.63) is 443 Å². The van der Waals surface area contributed by atoms with Crippen LogP contribution in [0.3, 0.4) is 0 Å². The summed E-state index contributed by atoms with van der Waals surface area (Å²) in [7, 11) is 0. The molecule has 0 unspecified atom stereocenters. The summed E-state index contributed by atoms with van der Waals surface area (Å²) in [6.45, 7) is 41.8. The molecule has 0 amide bonds. The molecule has 138 heavy (non-hydrogen) atoms. The Hall–Kier alpha value is -14.7. The van der Waals surface area contributed by atoms with E-state index in [1.165, 1.54) is 251 Å². The number of para-hydroxylation sites is 4. The van der Waals surface area contributed by atoms with Crippen LogP contribution >= 0.6 is 0 Å². The average Bonchev–Trinajstić information content (AvgIpc) is 0.690. The van der Waals surface area contributed by atoms with Crippen LogP contribution in [0.5, 0.6) is 0 Å². The minimum atomic E-state index is -0.313. The van der Waals surface area contributed by atoms with Crippen molar-refractivity contribution in [3.8, 4) is 89.0 Å². The standard InChI is InChI=1S/C132H120B2N4/c1-83-63-65-117-113(73-83)134-114-78-90(64-66-118(114)138(128-108(92-43-23-20-24-44-92)70-85(3)72-110(128)102-54-28-26-40-89(102)7)122-77-87(5)76-121(124(122)134)137(117)127-107(91-41-21-19-22-42-91)69-84(2)71-109(127)101-53-27-25-39-88(101)6)67-68-132(17,18)100-52-36-48-96(82-100)106-58-38-57-105(95-47-35-51-99(81-95)131(14,15)16)126(106)136-116-62-32-30-60-112(116)133-111-59-29-31-61-115(111)135(119-74-86(4)75-120(136)123(119)133)125-103(93-45-33-49-97(79-93)129(8,9)10)55-37-56-104(125)94-46-34-50-98(80-94)130(11,12)13/h19-66,69-82H,67-68H2,1-18H3. The fourth-order valence-electron chi connectivity index (χ4n) is 23.0. The maximum atomic E-state index is 2.71. The third kappa shape index (κ3) is 15.4. The molecule has 18 aromatic carbocycles. The molecule has 0 atom stereocenters. The third-order valence-corrected chi connectivity index (χ3v) is 30.1. The molecule has 22 rings (SSSR count). The molecule has 4 nitrogen and oxygen atoms in total. The molecule has 0 saturated heterocycles. The van der Waals surface area contributed by atoms with Gasteiger partial charge in [-0.25, -0.2) is 0 Å². The number of nitrogens with zero attached hydrogens (tertiary/aromatic N) is 4. The van der Waals surface area contributed by atoms with Gasteiger partial charge in [0.15, 0.2) is 0 Å². The number of fused-ring (bicyclic) bond motifs is 8. The second-order valence-electron chi connectivity index (χ2n) is 43.4. The van der Waals surface area contributed by atoms with Crippen molar-refractivity contribution in [1.82, 2.24) is 0 Å². The van der Waals surface area contributed by atoms with E-state index < -0.39 is 0 Å². The monoisotopic (exact) mass is 1780 g/mol. The van der Waals surface area contributed by atoms with Gasteiger partial charge in [0.05, 0.1) is 22.7 Å². The summed E-state index contributed by atoms with van der Waals surface area (Å²) in [6.07, 6.45) is 1.72. The molecule has 6 heteroatoms. The van der Waals surface area contributed by atoms with Gasteiger partial charge in [0.25, 0.3) is 13.4 Å². The fourth-order valence-corrected chi connectivity index (χ4v) is 23.0. The van der Waals surface area contributed by atoms with Gasteiger partial charge >= 0.3 is 0 Å². The van der Waals surface area contributed by atoms with Gasteiger partial charge in [-0.05, 0) is 294 Å². The molecule has 0 N–H and O–H groups in total. The van der Waals surface area contributed by atoms with Crippen molar-refractivity contribution in [2.24, 2.45) is 0 Å². The lowest BCUT2D eigenvalue weighted by molar-refractivity contribution is 0.480. The van der Waals surface area contributed by atoms with Gasteiger partial charge in [-0.1, -0.05) is 385 Å². The highest BCUT2D eigenvalue weighted by molar-refractivity contribution is 7.01. The van der Waals surface area contributed by atoms with Crippen molar-refractivity contribution in [1.29, 1.82) is 0 Å². The van der Waals surface area contributed by atoms with Gasteiger partial charge in [-0.2, -0.15) is 0 Å². The maximum Gasteiger partial charge on any atom is 0.252 e. The summed E-state index contributed by atoms with van der Waals surface area (Å²) in [6, 6.07) is 146. The Morgan fingerprint density at radius 3 is 0.899 bits per heavy atom. The van der Waals surface area contributed by atoms with E-state index in [1.807, 2.05) is 0 Å². The number of benzene rings is 18. The van der Waals surface area contributed by atoms with E-state index >= 15 is 0 Å². The maximum absolute atomic E-state index is 2.71. The lowest BCUT2D eigenvalue weighted by Crippen LogP contribution is -2.61. The van der Waals surface area contributed by atoms with Crippen molar-refractivity contribution in [2.75, 3.05) is 19.6 Å².